The molecule has 0 bridgehead atoms. The molecule has 0 aromatic heterocycles. The van der Waals surface area contributed by atoms with Crippen molar-refractivity contribution in [3.63, 3.8) is 0 Å². The summed E-state index contributed by atoms with van der Waals surface area (Å²) < 4.78 is -0.0503. The van der Waals surface area contributed by atoms with Gasteiger partial charge < -0.3 is 5.32 Å². The first-order valence-corrected chi connectivity index (χ1v) is 6.61. The molecule has 1 heterocycles. The number of benzene rings is 1. The van der Waals surface area contributed by atoms with Gasteiger partial charge in [0.15, 0.2) is 0 Å². The lowest BCUT2D eigenvalue weighted by Crippen LogP contribution is -2.42. The monoisotopic (exact) mass is 235 g/mol. The zero-order valence-electron chi connectivity index (χ0n) is 9.53. The Bertz CT molecular complexity index is 357. The first-order chi connectivity index (χ1) is 7.73. The Morgan fingerprint density at radius 2 is 2.19 bits per heavy atom. The predicted molar refractivity (Wildman–Crippen MR) is 68.7 cm³/mol. The minimum absolute atomic E-state index is 0.0503. The van der Waals surface area contributed by atoms with E-state index in [9.17, 15) is 4.79 Å². The van der Waals surface area contributed by atoms with Crippen LogP contribution in [0.5, 0.6) is 0 Å². The molecule has 1 fully saturated rings. The van der Waals surface area contributed by atoms with Crippen LogP contribution in [0.1, 0.15) is 18.9 Å². The average molecular weight is 235 g/mol. The van der Waals surface area contributed by atoms with Crippen LogP contribution in [-0.2, 0) is 9.54 Å². The summed E-state index contributed by atoms with van der Waals surface area (Å²) in [5, 5.41) is 3.41. The smallest absolute Gasteiger partial charge is 0.131 e. The Labute approximate surface area is 101 Å². The van der Waals surface area contributed by atoms with Gasteiger partial charge in [-0.1, -0.05) is 30.3 Å². The average Bonchev–Trinajstić information content (AvgIpc) is 2.30. The summed E-state index contributed by atoms with van der Waals surface area (Å²) in [6.07, 6.45) is 0.620. The number of carbonyl (C=O) groups is 1. The molecular weight excluding hydrogens is 218 g/mol. The van der Waals surface area contributed by atoms with Crippen LogP contribution < -0.4 is 5.32 Å². The molecule has 2 rings (SSSR count). The number of hydrogen-bond acceptors (Lipinski definition) is 3. The maximum Gasteiger partial charge on any atom is 0.131 e. The summed E-state index contributed by atoms with van der Waals surface area (Å²) >= 11 is 1.91. The molecule has 1 N–H and O–H groups in total. The highest BCUT2D eigenvalue weighted by molar-refractivity contribution is 8.00. The fraction of sp³-hybridized carbons (Fsp3) is 0.462. The van der Waals surface area contributed by atoms with Crippen molar-refractivity contribution < 1.29 is 4.79 Å². The minimum atomic E-state index is -0.0503. The summed E-state index contributed by atoms with van der Waals surface area (Å²) in [6.45, 7) is 3.61. The Balaban J connectivity index is 2.29. The second kappa shape index (κ2) is 5.02. The molecule has 0 spiro atoms. The number of thioether (sulfide) groups is 1. The molecule has 0 radical (unpaired) electrons. The van der Waals surface area contributed by atoms with E-state index in [2.05, 4.69) is 17.4 Å². The van der Waals surface area contributed by atoms with E-state index in [0.717, 1.165) is 18.8 Å². The molecule has 0 amide bonds. The Morgan fingerprint density at radius 3 is 2.75 bits per heavy atom. The Morgan fingerprint density at radius 1 is 1.44 bits per heavy atom. The predicted octanol–water partition coefficient (Wildman–Crippen LogP) is 2.20. The highest BCUT2D eigenvalue weighted by Crippen LogP contribution is 2.40. The molecule has 1 aliphatic heterocycles. The number of rotatable bonds is 3. The van der Waals surface area contributed by atoms with Crippen LogP contribution in [0.2, 0.25) is 0 Å². The van der Waals surface area contributed by atoms with Crippen molar-refractivity contribution >= 4 is 17.5 Å². The van der Waals surface area contributed by atoms with Crippen LogP contribution >= 0.6 is 11.8 Å². The largest absolute Gasteiger partial charge is 0.314 e. The third kappa shape index (κ3) is 2.47. The van der Waals surface area contributed by atoms with Crippen LogP contribution in [0, 0.1) is 0 Å². The minimum Gasteiger partial charge on any atom is -0.314 e. The Kier molecular flexibility index (Phi) is 3.66. The van der Waals surface area contributed by atoms with E-state index >= 15 is 0 Å². The highest BCUT2D eigenvalue weighted by atomic mass is 32.2. The molecule has 1 atom stereocenters. The third-order valence-electron chi connectivity index (χ3n) is 2.90. The molecular formula is C13H17NOS. The van der Waals surface area contributed by atoms with Gasteiger partial charge in [-0.3, -0.25) is 4.79 Å². The van der Waals surface area contributed by atoms with Crippen LogP contribution in [0.15, 0.2) is 30.3 Å². The zero-order chi connectivity index (χ0) is 11.4. The standard InChI is InChI=1S/C13H17NOS/c1-11(15)9-13(10-14-7-8-16-13)12-5-3-2-4-6-12/h2-6,14H,7-10H2,1H3. The lowest BCUT2D eigenvalue weighted by atomic mass is 9.92. The van der Waals surface area contributed by atoms with Gasteiger partial charge in [-0.15, -0.1) is 11.8 Å². The van der Waals surface area contributed by atoms with E-state index in [1.807, 2.05) is 30.0 Å². The first kappa shape index (κ1) is 11.7. The normalized spacial score (nSPS) is 25.3. The fourth-order valence-corrected chi connectivity index (χ4v) is 3.65. The van der Waals surface area contributed by atoms with Crippen molar-refractivity contribution in [2.24, 2.45) is 0 Å². The molecule has 1 aliphatic rings. The summed E-state index contributed by atoms with van der Waals surface area (Å²) in [7, 11) is 0. The quantitative estimate of drug-likeness (QED) is 0.871. The SMILES string of the molecule is CC(=O)CC1(c2ccccc2)CNCCS1. The number of hydrogen-bond donors (Lipinski definition) is 1. The van der Waals surface area contributed by atoms with E-state index in [1.54, 1.807) is 6.92 Å². The number of ketones is 1. The van der Waals surface area contributed by atoms with Gasteiger partial charge in [-0.05, 0) is 12.5 Å². The molecule has 1 aromatic rings. The molecule has 2 nitrogen and oxygen atoms in total. The van der Waals surface area contributed by atoms with E-state index in [-0.39, 0.29) is 10.5 Å². The maximum atomic E-state index is 11.4. The molecule has 3 heteroatoms. The maximum absolute atomic E-state index is 11.4. The lowest BCUT2D eigenvalue weighted by molar-refractivity contribution is -0.117. The van der Waals surface area contributed by atoms with Crippen molar-refractivity contribution in [1.82, 2.24) is 5.32 Å². The summed E-state index contributed by atoms with van der Waals surface area (Å²) in [5.41, 5.74) is 1.27. The summed E-state index contributed by atoms with van der Waals surface area (Å²) in [5.74, 6) is 1.34. The van der Waals surface area contributed by atoms with Gasteiger partial charge >= 0.3 is 0 Å². The van der Waals surface area contributed by atoms with Crippen LogP contribution in [0.25, 0.3) is 0 Å². The van der Waals surface area contributed by atoms with Crippen molar-refractivity contribution in [1.29, 1.82) is 0 Å². The highest BCUT2D eigenvalue weighted by Gasteiger charge is 2.35. The van der Waals surface area contributed by atoms with Gasteiger partial charge in [0.05, 0.1) is 4.75 Å². The van der Waals surface area contributed by atoms with E-state index in [4.69, 9.17) is 0 Å². The lowest BCUT2D eigenvalue weighted by Gasteiger charge is -2.37. The summed E-state index contributed by atoms with van der Waals surface area (Å²) in [6, 6.07) is 10.4. The number of nitrogens with one attached hydrogen (secondary N) is 1. The molecule has 0 aliphatic carbocycles. The van der Waals surface area contributed by atoms with Crippen molar-refractivity contribution in [3.8, 4) is 0 Å². The van der Waals surface area contributed by atoms with Crippen LogP contribution in [0.4, 0.5) is 0 Å². The van der Waals surface area contributed by atoms with Crippen LogP contribution in [0.3, 0.4) is 0 Å². The molecule has 1 saturated heterocycles. The molecule has 0 saturated carbocycles. The number of Topliss-reactive ketones (excluding diaryl/α,β-unsaturated/α-hetero) is 1. The Hall–Kier alpha value is -0.800. The summed E-state index contributed by atoms with van der Waals surface area (Å²) in [4.78, 5) is 11.4. The van der Waals surface area contributed by atoms with Crippen molar-refractivity contribution in [2.75, 3.05) is 18.8 Å². The molecule has 1 aromatic carbocycles. The second-order valence-electron chi connectivity index (χ2n) is 4.26. The van der Waals surface area contributed by atoms with Gasteiger partial charge in [0, 0.05) is 25.3 Å². The molecule has 16 heavy (non-hydrogen) atoms. The van der Waals surface area contributed by atoms with Gasteiger partial charge in [-0.25, -0.2) is 0 Å². The number of carbonyl (C=O) groups excluding carboxylic acids is 1. The van der Waals surface area contributed by atoms with Gasteiger partial charge in [0.2, 0.25) is 0 Å². The van der Waals surface area contributed by atoms with E-state index in [1.165, 1.54) is 5.56 Å². The third-order valence-corrected chi connectivity index (χ3v) is 4.39. The fourth-order valence-electron chi connectivity index (χ4n) is 2.20. The first-order valence-electron chi connectivity index (χ1n) is 5.63. The zero-order valence-corrected chi connectivity index (χ0v) is 10.3. The van der Waals surface area contributed by atoms with Gasteiger partial charge in [0.25, 0.3) is 0 Å². The molecule has 1 unspecified atom stereocenters. The van der Waals surface area contributed by atoms with Crippen LogP contribution in [-0.4, -0.2) is 24.6 Å². The van der Waals surface area contributed by atoms with E-state index < -0.39 is 0 Å². The van der Waals surface area contributed by atoms with Crippen molar-refractivity contribution in [3.05, 3.63) is 35.9 Å². The van der Waals surface area contributed by atoms with Gasteiger partial charge in [0.1, 0.15) is 5.78 Å². The molecule has 86 valence electrons. The topological polar surface area (TPSA) is 29.1 Å². The van der Waals surface area contributed by atoms with E-state index in [0.29, 0.717) is 6.42 Å². The van der Waals surface area contributed by atoms with Crippen molar-refractivity contribution in [2.45, 2.75) is 18.1 Å². The second-order valence-corrected chi connectivity index (χ2v) is 5.74. The van der Waals surface area contributed by atoms with Gasteiger partial charge in [-0.2, -0.15) is 0 Å².